The van der Waals surface area contributed by atoms with E-state index in [9.17, 15) is 13.2 Å². The van der Waals surface area contributed by atoms with Crippen molar-refractivity contribution >= 4 is 16.0 Å². The van der Waals surface area contributed by atoms with E-state index in [-0.39, 0.29) is 10.8 Å². The highest BCUT2D eigenvalue weighted by Gasteiger charge is 2.27. The Bertz CT molecular complexity index is 520. The number of carboxylic acid groups (broad SMARTS) is 1. The molecule has 0 aliphatic carbocycles. The van der Waals surface area contributed by atoms with E-state index in [0.717, 1.165) is 5.56 Å². The van der Waals surface area contributed by atoms with Crippen LogP contribution in [0.3, 0.4) is 0 Å². The van der Waals surface area contributed by atoms with Gasteiger partial charge in [-0.3, -0.25) is 4.79 Å². The molecule has 0 unspecified atom stereocenters. The zero-order valence-corrected chi connectivity index (χ0v) is 11.4. The fourth-order valence-corrected chi connectivity index (χ4v) is 2.76. The second kappa shape index (κ2) is 5.49. The van der Waals surface area contributed by atoms with Crippen LogP contribution >= 0.6 is 0 Å². The first kappa shape index (κ1) is 14.7. The van der Waals surface area contributed by atoms with Crippen molar-refractivity contribution in [2.24, 2.45) is 5.92 Å². The van der Waals surface area contributed by atoms with Gasteiger partial charge in [0.25, 0.3) is 0 Å². The van der Waals surface area contributed by atoms with Gasteiger partial charge in [-0.1, -0.05) is 31.5 Å². The van der Waals surface area contributed by atoms with Crippen LogP contribution in [0, 0.1) is 12.8 Å². The quantitative estimate of drug-likeness (QED) is 0.847. The maximum atomic E-state index is 12.0. The Labute approximate surface area is 107 Å². The number of benzene rings is 1. The molecule has 18 heavy (non-hydrogen) atoms. The van der Waals surface area contributed by atoms with Gasteiger partial charge in [-0.05, 0) is 25.0 Å². The van der Waals surface area contributed by atoms with Gasteiger partial charge in [0, 0.05) is 0 Å². The van der Waals surface area contributed by atoms with Crippen LogP contribution in [0.5, 0.6) is 0 Å². The monoisotopic (exact) mass is 271 g/mol. The van der Waals surface area contributed by atoms with Crippen LogP contribution in [-0.2, 0) is 14.8 Å². The van der Waals surface area contributed by atoms with Crippen molar-refractivity contribution in [3.05, 3.63) is 29.8 Å². The Kier molecular flexibility index (Phi) is 4.48. The normalized spacial score (nSPS) is 13.6. The van der Waals surface area contributed by atoms with E-state index < -0.39 is 22.0 Å². The molecule has 0 aliphatic rings. The lowest BCUT2D eigenvalue weighted by molar-refractivity contribution is -0.140. The van der Waals surface area contributed by atoms with Gasteiger partial charge in [0.15, 0.2) is 0 Å². The largest absolute Gasteiger partial charge is 0.480 e. The molecule has 5 nitrogen and oxygen atoms in total. The van der Waals surface area contributed by atoms with E-state index in [1.165, 1.54) is 12.1 Å². The summed E-state index contributed by atoms with van der Waals surface area (Å²) in [7, 11) is -3.80. The summed E-state index contributed by atoms with van der Waals surface area (Å²) in [5.74, 6) is -1.51. The summed E-state index contributed by atoms with van der Waals surface area (Å²) in [4.78, 5) is 11.0. The van der Waals surface area contributed by atoms with Crippen molar-refractivity contribution in [1.29, 1.82) is 0 Å². The summed E-state index contributed by atoms with van der Waals surface area (Å²) in [6.45, 7) is 5.14. The molecular weight excluding hydrogens is 254 g/mol. The van der Waals surface area contributed by atoms with Gasteiger partial charge in [0.2, 0.25) is 10.0 Å². The van der Waals surface area contributed by atoms with Crippen molar-refractivity contribution in [2.45, 2.75) is 31.7 Å². The Morgan fingerprint density at radius 2 is 1.72 bits per heavy atom. The lowest BCUT2D eigenvalue weighted by atomic mass is 10.1. The molecule has 1 atom stereocenters. The van der Waals surface area contributed by atoms with E-state index >= 15 is 0 Å². The molecule has 0 amide bonds. The predicted molar refractivity (Wildman–Crippen MR) is 67.8 cm³/mol. The third-order valence-electron chi connectivity index (χ3n) is 2.55. The van der Waals surface area contributed by atoms with E-state index in [0.29, 0.717) is 0 Å². The average molecular weight is 271 g/mol. The minimum atomic E-state index is -3.80. The molecule has 0 bridgehead atoms. The molecule has 1 rings (SSSR count). The number of hydrogen-bond donors (Lipinski definition) is 2. The number of nitrogens with one attached hydrogen (secondary N) is 1. The molecule has 0 saturated heterocycles. The fourth-order valence-electron chi connectivity index (χ4n) is 1.42. The van der Waals surface area contributed by atoms with Crippen molar-refractivity contribution < 1.29 is 18.3 Å². The SMILES string of the molecule is Cc1ccc(S(=O)(=O)N[C@@H](C(=O)O)C(C)C)cc1. The summed E-state index contributed by atoms with van der Waals surface area (Å²) in [5, 5.41) is 8.97. The van der Waals surface area contributed by atoms with Crippen molar-refractivity contribution in [2.75, 3.05) is 0 Å². The first-order chi connectivity index (χ1) is 8.24. The smallest absolute Gasteiger partial charge is 0.322 e. The second-order valence-corrected chi connectivity index (χ2v) is 6.21. The summed E-state index contributed by atoms with van der Waals surface area (Å²) in [5.41, 5.74) is 0.938. The minimum Gasteiger partial charge on any atom is -0.480 e. The van der Waals surface area contributed by atoms with Crippen LogP contribution in [-0.4, -0.2) is 25.5 Å². The number of aliphatic carboxylic acids is 1. The zero-order valence-electron chi connectivity index (χ0n) is 10.5. The molecule has 1 aromatic rings. The molecule has 1 aromatic carbocycles. The minimum absolute atomic E-state index is 0.0694. The lowest BCUT2D eigenvalue weighted by Gasteiger charge is -2.17. The molecule has 0 radical (unpaired) electrons. The van der Waals surface area contributed by atoms with Crippen LogP contribution in [0.15, 0.2) is 29.2 Å². The highest BCUT2D eigenvalue weighted by Crippen LogP contribution is 2.12. The standard InChI is InChI=1S/C12H17NO4S/c1-8(2)11(12(14)15)13-18(16,17)10-6-4-9(3)5-7-10/h4-8,11,13H,1-3H3,(H,14,15)/t11-/m1/s1. The number of sulfonamides is 1. The van der Waals surface area contributed by atoms with Crippen LogP contribution in [0.1, 0.15) is 19.4 Å². The van der Waals surface area contributed by atoms with Crippen LogP contribution in [0.25, 0.3) is 0 Å². The lowest BCUT2D eigenvalue weighted by Crippen LogP contribution is -2.44. The molecular formula is C12H17NO4S. The highest BCUT2D eigenvalue weighted by molar-refractivity contribution is 7.89. The van der Waals surface area contributed by atoms with Crippen LogP contribution < -0.4 is 4.72 Å². The molecule has 0 aliphatic heterocycles. The highest BCUT2D eigenvalue weighted by atomic mass is 32.2. The van der Waals surface area contributed by atoms with Gasteiger partial charge < -0.3 is 5.11 Å². The molecule has 0 spiro atoms. The third-order valence-corrected chi connectivity index (χ3v) is 4.00. The van der Waals surface area contributed by atoms with Gasteiger partial charge in [-0.2, -0.15) is 4.72 Å². The van der Waals surface area contributed by atoms with Gasteiger partial charge in [-0.15, -0.1) is 0 Å². The summed E-state index contributed by atoms with van der Waals surface area (Å²) in [6.07, 6.45) is 0. The molecule has 0 aromatic heterocycles. The zero-order chi connectivity index (χ0) is 13.9. The van der Waals surface area contributed by atoms with Gasteiger partial charge in [0.1, 0.15) is 6.04 Å². The fraction of sp³-hybridized carbons (Fsp3) is 0.417. The second-order valence-electron chi connectivity index (χ2n) is 4.49. The van der Waals surface area contributed by atoms with Gasteiger partial charge in [-0.25, -0.2) is 8.42 Å². The van der Waals surface area contributed by atoms with Gasteiger partial charge >= 0.3 is 5.97 Å². The number of rotatable bonds is 5. The first-order valence-electron chi connectivity index (χ1n) is 5.56. The number of carbonyl (C=O) groups is 1. The molecule has 0 heterocycles. The Balaban J connectivity index is 3.01. The van der Waals surface area contributed by atoms with E-state index in [2.05, 4.69) is 4.72 Å². The Morgan fingerprint density at radius 1 is 1.22 bits per heavy atom. The first-order valence-corrected chi connectivity index (χ1v) is 7.04. The molecule has 0 saturated carbocycles. The number of aryl methyl sites for hydroxylation is 1. The third kappa shape index (κ3) is 3.54. The van der Waals surface area contributed by atoms with Crippen molar-refractivity contribution in [1.82, 2.24) is 4.72 Å². The number of carboxylic acids is 1. The summed E-state index contributed by atoms with van der Waals surface area (Å²) < 4.78 is 26.2. The Hall–Kier alpha value is -1.40. The molecule has 6 heteroatoms. The summed E-state index contributed by atoms with van der Waals surface area (Å²) >= 11 is 0. The van der Waals surface area contributed by atoms with Gasteiger partial charge in [0.05, 0.1) is 4.90 Å². The summed E-state index contributed by atoms with van der Waals surface area (Å²) in [6, 6.07) is 5.11. The topological polar surface area (TPSA) is 83.5 Å². The predicted octanol–water partition coefficient (Wildman–Crippen LogP) is 1.38. The maximum absolute atomic E-state index is 12.0. The molecule has 0 fully saturated rings. The van der Waals surface area contributed by atoms with E-state index in [1.54, 1.807) is 26.0 Å². The average Bonchev–Trinajstić information content (AvgIpc) is 2.26. The van der Waals surface area contributed by atoms with Crippen LogP contribution in [0.4, 0.5) is 0 Å². The molecule has 2 N–H and O–H groups in total. The number of hydrogen-bond acceptors (Lipinski definition) is 3. The maximum Gasteiger partial charge on any atom is 0.322 e. The van der Waals surface area contributed by atoms with Crippen molar-refractivity contribution in [3.8, 4) is 0 Å². The van der Waals surface area contributed by atoms with Crippen LogP contribution in [0.2, 0.25) is 0 Å². The molecule has 100 valence electrons. The van der Waals surface area contributed by atoms with E-state index in [1.807, 2.05) is 6.92 Å². The van der Waals surface area contributed by atoms with E-state index in [4.69, 9.17) is 5.11 Å². The Morgan fingerprint density at radius 3 is 2.11 bits per heavy atom. The van der Waals surface area contributed by atoms with Crippen molar-refractivity contribution in [3.63, 3.8) is 0 Å².